The number of aryl methyl sites for hydroxylation is 1. The Balaban J connectivity index is 2.82. The van der Waals surface area contributed by atoms with Crippen LogP contribution >= 0.6 is 11.3 Å². The maximum absolute atomic E-state index is 11.6. The lowest BCUT2D eigenvalue weighted by molar-refractivity contribution is -0.123. The predicted molar refractivity (Wildman–Crippen MR) is 76.1 cm³/mol. The van der Waals surface area contributed by atoms with Gasteiger partial charge in [-0.1, -0.05) is 0 Å². The molecule has 0 bridgehead atoms. The van der Waals surface area contributed by atoms with Crippen molar-refractivity contribution in [3.05, 3.63) is 16.1 Å². The number of nitrogens with one attached hydrogen (secondary N) is 1. The second-order valence-corrected chi connectivity index (χ2v) is 6.51. The van der Waals surface area contributed by atoms with Crippen LogP contribution in [0.1, 0.15) is 31.3 Å². The number of aromatic nitrogens is 1. The van der Waals surface area contributed by atoms with Gasteiger partial charge in [-0.25, -0.2) is 9.78 Å². The molecule has 1 rings (SSSR count). The molecule has 0 spiro atoms. The fourth-order valence-electron chi connectivity index (χ4n) is 1.55. The van der Waals surface area contributed by atoms with Crippen molar-refractivity contribution in [1.29, 1.82) is 0 Å². The minimum atomic E-state index is -1.55. The number of carbonyl (C=O) groups excluding carboxylic acids is 2. The van der Waals surface area contributed by atoms with Crippen LogP contribution in [0.5, 0.6) is 0 Å². The normalized spacial score (nSPS) is 14.4. The Morgan fingerprint density at radius 1 is 1.45 bits per heavy atom. The van der Waals surface area contributed by atoms with E-state index < -0.39 is 23.1 Å². The summed E-state index contributed by atoms with van der Waals surface area (Å²) in [5.41, 5.74) is 11.1. The molecule has 7 nitrogen and oxygen atoms in total. The summed E-state index contributed by atoms with van der Waals surface area (Å²) < 4.78 is 5.08. The van der Waals surface area contributed by atoms with E-state index in [-0.39, 0.29) is 6.54 Å². The monoisotopic (exact) mass is 300 g/mol. The third-order valence-corrected chi connectivity index (χ3v) is 3.28. The molecule has 1 aromatic heterocycles. The molecule has 112 valence electrons. The minimum Gasteiger partial charge on any atom is -0.444 e. The number of alkyl carbamates (subject to hydrolysis) is 1. The first-order chi connectivity index (χ1) is 9.06. The number of thiazole rings is 1. The summed E-state index contributed by atoms with van der Waals surface area (Å²) in [5.74, 6) is -0.762. The molecule has 0 radical (unpaired) electrons. The molecule has 1 aromatic rings. The molecule has 0 aliphatic rings. The van der Waals surface area contributed by atoms with Crippen LogP contribution in [0.2, 0.25) is 0 Å². The molecule has 20 heavy (non-hydrogen) atoms. The van der Waals surface area contributed by atoms with Gasteiger partial charge in [-0.05, 0) is 27.7 Å². The number of carbonyl (C=O) groups is 2. The van der Waals surface area contributed by atoms with Crippen LogP contribution in [-0.2, 0) is 15.1 Å². The van der Waals surface area contributed by atoms with E-state index in [0.29, 0.717) is 5.69 Å². The quantitative estimate of drug-likeness (QED) is 0.752. The molecule has 0 saturated carbocycles. The molecule has 0 saturated heterocycles. The topological polar surface area (TPSA) is 120 Å². The van der Waals surface area contributed by atoms with Crippen molar-refractivity contribution in [2.24, 2.45) is 11.5 Å². The minimum absolute atomic E-state index is 0.179. The molecule has 0 aliphatic carbocycles. The van der Waals surface area contributed by atoms with Gasteiger partial charge in [0, 0.05) is 4.88 Å². The third-order valence-electron chi connectivity index (χ3n) is 2.52. The fourth-order valence-corrected chi connectivity index (χ4v) is 2.21. The second-order valence-electron chi connectivity index (χ2n) is 5.45. The molecule has 8 heteroatoms. The Morgan fingerprint density at radius 2 is 2.05 bits per heavy atom. The lowest BCUT2D eigenvalue weighted by atomic mass is 9.95. The highest BCUT2D eigenvalue weighted by Crippen LogP contribution is 2.22. The van der Waals surface area contributed by atoms with Gasteiger partial charge >= 0.3 is 6.09 Å². The smallest absolute Gasteiger partial charge is 0.407 e. The van der Waals surface area contributed by atoms with E-state index in [1.165, 1.54) is 11.3 Å². The summed E-state index contributed by atoms with van der Waals surface area (Å²) in [5, 5.41) is 2.45. The van der Waals surface area contributed by atoms with E-state index in [1.807, 2.05) is 0 Å². The van der Waals surface area contributed by atoms with Gasteiger partial charge in [-0.3, -0.25) is 4.79 Å². The second kappa shape index (κ2) is 5.76. The van der Waals surface area contributed by atoms with Crippen LogP contribution < -0.4 is 16.8 Å². The number of rotatable bonds is 4. The first-order valence-corrected chi connectivity index (χ1v) is 6.90. The van der Waals surface area contributed by atoms with Gasteiger partial charge in [0.2, 0.25) is 5.91 Å². The van der Waals surface area contributed by atoms with Crippen LogP contribution in [0.4, 0.5) is 4.79 Å². The molecule has 0 aromatic carbocycles. The Morgan fingerprint density at radius 3 is 2.45 bits per heavy atom. The SMILES string of the molecule is Cc1scnc1C(N)(CNC(=O)OC(C)(C)C)C(N)=O. The van der Waals surface area contributed by atoms with Crippen molar-refractivity contribution in [3.63, 3.8) is 0 Å². The van der Waals surface area contributed by atoms with E-state index in [4.69, 9.17) is 16.2 Å². The average molecular weight is 300 g/mol. The molecule has 1 heterocycles. The molecule has 0 aliphatic heterocycles. The van der Waals surface area contributed by atoms with Crippen LogP contribution in [0.25, 0.3) is 0 Å². The molecule has 1 atom stereocenters. The number of nitrogens with zero attached hydrogens (tertiary/aromatic N) is 1. The average Bonchev–Trinajstić information content (AvgIpc) is 2.70. The molecule has 1 unspecified atom stereocenters. The van der Waals surface area contributed by atoms with E-state index >= 15 is 0 Å². The summed E-state index contributed by atoms with van der Waals surface area (Å²) in [6.45, 7) is 6.82. The summed E-state index contributed by atoms with van der Waals surface area (Å²) >= 11 is 1.35. The number of primary amides is 1. The van der Waals surface area contributed by atoms with Crippen molar-refractivity contribution >= 4 is 23.3 Å². The van der Waals surface area contributed by atoms with Gasteiger partial charge in [-0.15, -0.1) is 11.3 Å². The van der Waals surface area contributed by atoms with E-state index in [9.17, 15) is 9.59 Å². The van der Waals surface area contributed by atoms with Gasteiger partial charge in [0.05, 0.1) is 17.7 Å². The lowest BCUT2D eigenvalue weighted by Crippen LogP contribution is -2.57. The summed E-state index contributed by atoms with van der Waals surface area (Å²) in [4.78, 5) is 28.1. The Bertz CT molecular complexity index is 509. The van der Waals surface area contributed by atoms with Crippen LogP contribution in [0, 0.1) is 6.92 Å². The summed E-state index contributed by atoms with van der Waals surface area (Å²) in [6, 6.07) is 0. The zero-order chi connectivity index (χ0) is 15.6. The number of nitrogens with two attached hydrogens (primary N) is 2. The number of hydrogen-bond acceptors (Lipinski definition) is 6. The maximum atomic E-state index is 11.6. The zero-order valence-corrected chi connectivity index (χ0v) is 12.8. The third kappa shape index (κ3) is 3.91. The van der Waals surface area contributed by atoms with Crippen molar-refractivity contribution in [3.8, 4) is 0 Å². The summed E-state index contributed by atoms with van der Waals surface area (Å²) in [7, 11) is 0. The highest BCUT2D eigenvalue weighted by atomic mass is 32.1. The van der Waals surface area contributed by atoms with Crippen LogP contribution in [0.3, 0.4) is 0 Å². The standard InChI is InChI=1S/C12H20N4O3S/c1-7-8(16-6-20-7)12(14,9(13)17)5-15-10(18)19-11(2,3)4/h6H,5,14H2,1-4H3,(H2,13,17)(H,15,18). The van der Waals surface area contributed by atoms with Crippen molar-refractivity contribution in [1.82, 2.24) is 10.3 Å². The lowest BCUT2D eigenvalue weighted by Gasteiger charge is -2.26. The fraction of sp³-hybridized carbons (Fsp3) is 0.583. The predicted octanol–water partition coefficient (Wildman–Crippen LogP) is 0.616. The van der Waals surface area contributed by atoms with Gasteiger partial charge in [0.1, 0.15) is 5.60 Å². The molecule has 2 amide bonds. The number of ether oxygens (including phenoxy) is 1. The van der Waals surface area contributed by atoms with E-state index in [0.717, 1.165) is 4.88 Å². The first-order valence-electron chi connectivity index (χ1n) is 6.02. The first kappa shape index (κ1) is 16.4. The maximum Gasteiger partial charge on any atom is 0.407 e. The van der Waals surface area contributed by atoms with Crippen LogP contribution in [0.15, 0.2) is 5.51 Å². The highest BCUT2D eigenvalue weighted by molar-refractivity contribution is 7.09. The van der Waals surface area contributed by atoms with Crippen molar-refractivity contribution in [2.45, 2.75) is 38.8 Å². The Kier molecular flexibility index (Phi) is 4.72. The number of hydrogen-bond donors (Lipinski definition) is 3. The van der Waals surface area contributed by atoms with Gasteiger partial charge in [-0.2, -0.15) is 0 Å². The molecule has 5 N–H and O–H groups in total. The molecular weight excluding hydrogens is 280 g/mol. The summed E-state index contributed by atoms with van der Waals surface area (Å²) in [6.07, 6.45) is -0.665. The molecular formula is C12H20N4O3S. The molecule has 0 fully saturated rings. The van der Waals surface area contributed by atoms with Crippen molar-refractivity contribution in [2.75, 3.05) is 6.54 Å². The highest BCUT2D eigenvalue weighted by Gasteiger charge is 2.38. The largest absolute Gasteiger partial charge is 0.444 e. The van der Waals surface area contributed by atoms with Crippen molar-refractivity contribution < 1.29 is 14.3 Å². The zero-order valence-electron chi connectivity index (χ0n) is 12.0. The van der Waals surface area contributed by atoms with E-state index in [2.05, 4.69) is 10.3 Å². The van der Waals surface area contributed by atoms with Gasteiger partial charge in [0.15, 0.2) is 5.54 Å². The van der Waals surface area contributed by atoms with Gasteiger partial charge in [0.25, 0.3) is 0 Å². The van der Waals surface area contributed by atoms with Gasteiger partial charge < -0.3 is 21.5 Å². The Labute approximate surface area is 121 Å². The van der Waals surface area contributed by atoms with E-state index in [1.54, 1.807) is 33.2 Å². The Hall–Kier alpha value is -1.67. The number of amides is 2. The van der Waals surface area contributed by atoms with Crippen LogP contribution in [-0.4, -0.2) is 29.1 Å².